The van der Waals surface area contributed by atoms with Crippen molar-refractivity contribution in [2.45, 2.75) is 82.8 Å². The van der Waals surface area contributed by atoms with E-state index in [1.54, 1.807) is 0 Å². The van der Waals surface area contributed by atoms with Gasteiger partial charge in [-0.25, -0.2) is 4.39 Å². The van der Waals surface area contributed by atoms with Crippen molar-refractivity contribution >= 4 is 35.0 Å². The van der Waals surface area contributed by atoms with Crippen molar-refractivity contribution in [2.24, 2.45) is 11.3 Å². The van der Waals surface area contributed by atoms with Gasteiger partial charge in [-0.2, -0.15) is 0 Å². The van der Waals surface area contributed by atoms with E-state index in [4.69, 9.17) is 23.2 Å². The predicted octanol–water partition coefficient (Wildman–Crippen LogP) is 5.25. The second-order valence-corrected chi connectivity index (χ2v) is 11.2. The average molecular weight is 498 g/mol. The van der Waals surface area contributed by atoms with E-state index in [0.29, 0.717) is 12.8 Å². The minimum atomic E-state index is -0.542. The fraction of sp³-hybridized carbons (Fsp3) is 0.680. The van der Waals surface area contributed by atoms with E-state index < -0.39 is 11.9 Å². The van der Waals surface area contributed by atoms with Crippen LogP contribution >= 0.6 is 23.2 Å². The first-order valence-corrected chi connectivity index (χ1v) is 12.9. The molecule has 5 nitrogen and oxygen atoms in total. The van der Waals surface area contributed by atoms with Gasteiger partial charge in [0.05, 0.1) is 22.1 Å². The summed E-state index contributed by atoms with van der Waals surface area (Å²) in [6.45, 7) is 3.04. The zero-order valence-corrected chi connectivity index (χ0v) is 20.9. The molecule has 2 aliphatic carbocycles. The van der Waals surface area contributed by atoms with Crippen molar-refractivity contribution in [3.63, 3.8) is 0 Å². The molecular formula is C25H34Cl2FN3O2. The summed E-state index contributed by atoms with van der Waals surface area (Å²) in [5.74, 6) is -0.700. The Morgan fingerprint density at radius 2 is 1.85 bits per heavy atom. The topological polar surface area (TPSA) is 61.4 Å². The molecule has 8 heteroatoms. The smallest absolute Gasteiger partial charge is 0.237 e. The van der Waals surface area contributed by atoms with Gasteiger partial charge in [0, 0.05) is 17.5 Å². The van der Waals surface area contributed by atoms with Gasteiger partial charge in [-0.3, -0.25) is 14.5 Å². The van der Waals surface area contributed by atoms with Crippen LogP contribution in [0.1, 0.15) is 76.3 Å². The van der Waals surface area contributed by atoms with Crippen molar-refractivity contribution in [3.05, 3.63) is 33.6 Å². The van der Waals surface area contributed by atoms with Gasteiger partial charge in [0.1, 0.15) is 5.82 Å². The van der Waals surface area contributed by atoms with Gasteiger partial charge in [-0.1, -0.05) is 43.0 Å². The van der Waals surface area contributed by atoms with Crippen molar-refractivity contribution in [1.29, 1.82) is 0 Å². The summed E-state index contributed by atoms with van der Waals surface area (Å²) in [6, 6.07) is 2.15. The fourth-order valence-electron chi connectivity index (χ4n) is 6.02. The Morgan fingerprint density at radius 3 is 2.52 bits per heavy atom. The van der Waals surface area contributed by atoms with Crippen molar-refractivity contribution in [3.8, 4) is 0 Å². The van der Waals surface area contributed by atoms with E-state index in [1.165, 1.54) is 12.1 Å². The number of halogens is 3. The summed E-state index contributed by atoms with van der Waals surface area (Å²) in [5.41, 5.74) is -0.00145. The lowest BCUT2D eigenvalue weighted by molar-refractivity contribution is -0.128. The minimum absolute atomic E-state index is 0.00531. The van der Waals surface area contributed by atoms with Crippen molar-refractivity contribution in [2.75, 3.05) is 13.6 Å². The Labute approximate surface area is 205 Å². The lowest BCUT2D eigenvalue weighted by Crippen LogP contribution is -2.45. The SMILES string of the molecule is CN1CCC[C@H]1C(=O)N[C@@H]1CC[C@@H](C(=O)N[C@H](c2c(F)ccc(Cl)c2Cl)C2(C)CCCC2)C1. The van der Waals surface area contributed by atoms with Crippen LogP contribution in [0.25, 0.3) is 0 Å². The highest BCUT2D eigenvalue weighted by atomic mass is 35.5. The number of nitrogens with one attached hydrogen (secondary N) is 2. The molecule has 1 heterocycles. The molecule has 0 radical (unpaired) electrons. The summed E-state index contributed by atoms with van der Waals surface area (Å²) >= 11 is 12.7. The summed E-state index contributed by atoms with van der Waals surface area (Å²) < 4.78 is 15.0. The number of rotatable bonds is 6. The van der Waals surface area contributed by atoms with Gasteiger partial charge in [-0.05, 0) is 76.1 Å². The van der Waals surface area contributed by atoms with E-state index in [2.05, 4.69) is 22.5 Å². The van der Waals surface area contributed by atoms with Gasteiger partial charge in [0.2, 0.25) is 11.8 Å². The molecule has 3 aliphatic rings. The number of likely N-dealkylation sites (tertiary alicyclic amines) is 1. The van der Waals surface area contributed by atoms with Crippen molar-refractivity contribution in [1.82, 2.24) is 15.5 Å². The highest BCUT2D eigenvalue weighted by molar-refractivity contribution is 6.42. The quantitative estimate of drug-likeness (QED) is 0.527. The zero-order chi connectivity index (χ0) is 23.8. The third kappa shape index (κ3) is 5.18. The number of benzene rings is 1. The molecule has 4 atom stereocenters. The maximum Gasteiger partial charge on any atom is 0.237 e. The molecule has 0 unspecified atom stereocenters. The van der Waals surface area contributed by atoms with Crippen LogP contribution in [-0.4, -0.2) is 42.4 Å². The van der Waals surface area contributed by atoms with Gasteiger partial charge < -0.3 is 10.6 Å². The number of hydrogen-bond donors (Lipinski definition) is 2. The van der Waals surface area contributed by atoms with Crippen LogP contribution in [0.3, 0.4) is 0 Å². The van der Waals surface area contributed by atoms with Crippen LogP contribution in [0.15, 0.2) is 12.1 Å². The highest BCUT2D eigenvalue weighted by Crippen LogP contribution is 2.50. The first kappa shape index (κ1) is 24.7. The molecule has 3 fully saturated rings. The van der Waals surface area contributed by atoms with Gasteiger partial charge >= 0.3 is 0 Å². The molecule has 2 N–H and O–H groups in total. The number of carbonyl (C=O) groups excluding carboxylic acids is 2. The molecule has 1 saturated heterocycles. The molecule has 2 amide bonds. The summed E-state index contributed by atoms with van der Waals surface area (Å²) in [4.78, 5) is 28.1. The Hall–Kier alpha value is -1.37. The standard InChI is InChI=1S/C25H34Cl2FN3O2/c1-25(11-3-4-12-25)22(20-18(28)10-9-17(26)21(20)27)30-23(32)15-7-8-16(14-15)29-24(33)19-6-5-13-31(19)2/h9-10,15-16,19,22H,3-8,11-14H2,1-2H3,(H,29,33)(H,30,32)/t15-,16-,19+,22-/m1/s1. The first-order valence-electron chi connectivity index (χ1n) is 12.1. The lowest BCUT2D eigenvalue weighted by atomic mass is 9.76. The fourth-order valence-corrected chi connectivity index (χ4v) is 6.45. The third-order valence-electron chi connectivity index (χ3n) is 8.07. The van der Waals surface area contributed by atoms with E-state index in [-0.39, 0.29) is 50.8 Å². The molecular weight excluding hydrogens is 464 g/mol. The molecule has 0 spiro atoms. The Kier molecular flexibility index (Phi) is 7.56. The Bertz CT molecular complexity index is 906. The number of hydrogen-bond acceptors (Lipinski definition) is 3. The molecule has 0 aromatic heterocycles. The summed E-state index contributed by atoms with van der Waals surface area (Å²) in [5, 5.41) is 6.77. The van der Waals surface area contributed by atoms with Gasteiger partial charge in [0.15, 0.2) is 0 Å². The Balaban J connectivity index is 1.46. The maximum atomic E-state index is 15.0. The number of likely N-dealkylation sites (N-methyl/N-ethyl adjacent to an activating group) is 1. The van der Waals surface area contributed by atoms with E-state index >= 15 is 0 Å². The van der Waals surface area contributed by atoms with Crippen LogP contribution in [0.5, 0.6) is 0 Å². The lowest BCUT2D eigenvalue weighted by Gasteiger charge is -2.36. The average Bonchev–Trinajstić information content (AvgIpc) is 3.52. The predicted molar refractivity (Wildman–Crippen MR) is 129 cm³/mol. The van der Waals surface area contributed by atoms with Crippen LogP contribution in [0.2, 0.25) is 10.0 Å². The monoisotopic (exact) mass is 497 g/mol. The Morgan fingerprint density at radius 1 is 1.12 bits per heavy atom. The summed E-state index contributed by atoms with van der Waals surface area (Å²) in [6.07, 6.45) is 7.84. The van der Waals surface area contributed by atoms with Crippen LogP contribution in [0.4, 0.5) is 4.39 Å². The summed E-state index contributed by atoms with van der Waals surface area (Å²) in [7, 11) is 1.98. The van der Waals surface area contributed by atoms with E-state index in [1.807, 2.05) is 7.05 Å². The zero-order valence-electron chi connectivity index (χ0n) is 19.4. The van der Waals surface area contributed by atoms with Crippen LogP contribution < -0.4 is 10.6 Å². The van der Waals surface area contributed by atoms with Gasteiger partial charge in [0.25, 0.3) is 0 Å². The molecule has 1 aromatic rings. The van der Waals surface area contributed by atoms with Gasteiger partial charge in [-0.15, -0.1) is 0 Å². The van der Waals surface area contributed by atoms with Crippen LogP contribution in [0, 0.1) is 17.2 Å². The molecule has 33 heavy (non-hydrogen) atoms. The second-order valence-electron chi connectivity index (χ2n) is 10.4. The molecule has 182 valence electrons. The molecule has 4 rings (SSSR count). The number of nitrogens with zero attached hydrogens (tertiary/aromatic N) is 1. The van der Waals surface area contributed by atoms with Crippen LogP contribution in [-0.2, 0) is 9.59 Å². The highest BCUT2D eigenvalue weighted by Gasteiger charge is 2.43. The number of carbonyl (C=O) groups is 2. The normalized spacial score (nSPS) is 28.1. The molecule has 1 aromatic carbocycles. The second kappa shape index (κ2) is 10.1. The minimum Gasteiger partial charge on any atom is -0.352 e. The largest absolute Gasteiger partial charge is 0.352 e. The van der Waals surface area contributed by atoms with Crippen molar-refractivity contribution < 1.29 is 14.0 Å². The first-order chi connectivity index (χ1) is 15.7. The molecule has 1 aliphatic heterocycles. The maximum absolute atomic E-state index is 15.0. The van der Waals surface area contributed by atoms with E-state index in [9.17, 15) is 14.0 Å². The molecule has 2 saturated carbocycles. The number of amides is 2. The molecule has 0 bridgehead atoms. The van der Waals surface area contributed by atoms with E-state index in [0.717, 1.165) is 51.5 Å². The third-order valence-corrected chi connectivity index (χ3v) is 8.89.